The van der Waals surface area contributed by atoms with Crippen LogP contribution in [0.3, 0.4) is 0 Å². The van der Waals surface area contributed by atoms with Gasteiger partial charge in [-0.2, -0.15) is 0 Å². The molecule has 0 fully saturated rings. The average Bonchev–Trinajstić information content (AvgIpc) is 2.67. The number of carbonyl (C=O) groups is 4. The minimum absolute atomic E-state index is 0.127. The van der Waals surface area contributed by atoms with E-state index < -0.39 is 0 Å². The Hall–Kier alpha value is -2.09. The molecule has 0 heterocycles. The van der Waals surface area contributed by atoms with E-state index in [2.05, 4.69) is 11.9 Å². The molecular formula is C19H30ClNO7. The van der Waals surface area contributed by atoms with Gasteiger partial charge in [0.25, 0.3) is 0 Å². The number of amides is 1. The summed E-state index contributed by atoms with van der Waals surface area (Å²) >= 11 is 5.41. The van der Waals surface area contributed by atoms with E-state index in [1.54, 1.807) is 0 Å². The molecule has 1 amide bonds. The molecule has 0 aromatic carbocycles. The fourth-order valence-electron chi connectivity index (χ4n) is 2.00. The van der Waals surface area contributed by atoms with Crippen molar-refractivity contribution in [2.75, 3.05) is 32.2 Å². The number of unbranched alkanes of at least 4 members (excludes halogenated alkanes) is 3. The molecule has 1 N–H and O–H groups in total. The van der Waals surface area contributed by atoms with Gasteiger partial charge in [0.1, 0.15) is 6.61 Å². The molecule has 0 aromatic heterocycles. The third kappa shape index (κ3) is 17.3. The third-order valence-corrected chi connectivity index (χ3v) is 3.66. The lowest BCUT2D eigenvalue weighted by Gasteiger charge is -2.06. The monoisotopic (exact) mass is 419 g/mol. The molecule has 0 aliphatic rings. The van der Waals surface area contributed by atoms with Gasteiger partial charge in [-0.1, -0.05) is 6.58 Å². The van der Waals surface area contributed by atoms with Crippen LogP contribution in [-0.2, 0) is 33.4 Å². The molecule has 0 saturated heterocycles. The van der Waals surface area contributed by atoms with Gasteiger partial charge in [-0.25, -0.2) is 0 Å². The molecule has 0 bridgehead atoms. The maximum atomic E-state index is 11.5. The maximum Gasteiger partial charge on any atom is 0.306 e. The molecule has 0 aliphatic heterocycles. The van der Waals surface area contributed by atoms with Crippen molar-refractivity contribution >= 4 is 35.4 Å². The predicted molar refractivity (Wildman–Crippen MR) is 104 cm³/mol. The molecule has 8 nitrogen and oxygen atoms in total. The smallest absolute Gasteiger partial charge is 0.306 e. The standard InChI is InChI=1S/C19H30ClNO7/c1-2-16(22)21-12-15-28-18(24)8-4-3-6-13-26-17(23)9-5-7-14-27-19(25)10-11-20/h2H,1,3-15H2,(H,21,22). The quantitative estimate of drug-likeness (QED) is 0.127. The summed E-state index contributed by atoms with van der Waals surface area (Å²) in [6, 6.07) is 0. The van der Waals surface area contributed by atoms with Crippen molar-refractivity contribution in [3.63, 3.8) is 0 Å². The summed E-state index contributed by atoms with van der Waals surface area (Å²) in [7, 11) is 0. The number of ether oxygens (including phenoxy) is 3. The lowest BCUT2D eigenvalue weighted by molar-refractivity contribution is -0.145. The van der Waals surface area contributed by atoms with Crippen LogP contribution in [-0.4, -0.2) is 56.1 Å². The Kier molecular flexibility index (Phi) is 16.9. The van der Waals surface area contributed by atoms with Gasteiger partial charge in [0.2, 0.25) is 5.91 Å². The Labute approximate surface area is 170 Å². The largest absolute Gasteiger partial charge is 0.466 e. The van der Waals surface area contributed by atoms with Crippen molar-refractivity contribution in [1.82, 2.24) is 5.32 Å². The first-order valence-electron chi connectivity index (χ1n) is 9.42. The van der Waals surface area contributed by atoms with Crippen molar-refractivity contribution < 1.29 is 33.4 Å². The first kappa shape index (κ1) is 25.9. The Morgan fingerprint density at radius 1 is 0.750 bits per heavy atom. The van der Waals surface area contributed by atoms with Crippen molar-refractivity contribution in [2.45, 2.75) is 51.4 Å². The second-order valence-corrected chi connectivity index (χ2v) is 6.24. The second-order valence-electron chi connectivity index (χ2n) is 5.86. The van der Waals surface area contributed by atoms with E-state index in [9.17, 15) is 19.2 Å². The van der Waals surface area contributed by atoms with Gasteiger partial charge in [-0.3, -0.25) is 19.2 Å². The fraction of sp³-hybridized carbons (Fsp3) is 0.684. The predicted octanol–water partition coefficient (Wildman–Crippen LogP) is 2.28. The van der Waals surface area contributed by atoms with Gasteiger partial charge in [-0.05, 0) is 38.2 Å². The highest BCUT2D eigenvalue weighted by Gasteiger charge is 2.06. The Balaban J connectivity index is 3.41. The van der Waals surface area contributed by atoms with Crippen molar-refractivity contribution in [3.8, 4) is 0 Å². The van der Waals surface area contributed by atoms with Crippen LogP contribution < -0.4 is 5.32 Å². The number of carbonyl (C=O) groups excluding carboxylic acids is 4. The van der Waals surface area contributed by atoms with E-state index in [-0.39, 0.29) is 68.7 Å². The third-order valence-electron chi connectivity index (χ3n) is 3.47. The molecule has 0 unspecified atom stereocenters. The molecule has 0 spiro atoms. The topological polar surface area (TPSA) is 108 Å². The van der Waals surface area contributed by atoms with Gasteiger partial charge < -0.3 is 19.5 Å². The van der Waals surface area contributed by atoms with Crippen LogP contribution in [0, 0.1) is 0 Å². The van der Waals surface area contributed by atoms with Gasteiger partial charge in [0, 0.05) is 18.7 Å². The first-order chi connectivity index (χ1) is 13.5. The highest BCUT2D eigenvalue weighted by Crippen LogP contribution is 2.04. The summed E-state index contributed by atoms with van der Waals surface area (Å²) in [5, 5.41) is 2.50. The lowest BCUT2D eigenvalue weighted by Crippen LogP contribution is -2.26. The van der Waals surface area contributed by atoms with Gasteiger partial charge >= 0.3 is 17.9 Å². The molecule has 28 heavy (non-hydrogen) atoms. The number of nitrogens with one attached hydrogen (secondary N) is 1. The molecule has 160 valence electrons. The zero-order valence-corrected chi connectivity index (χ0v) is 17.0. The number of alkyl halides is 1. The number of hydrogen-bond acceptors (Lipinski definition) is 7. The summed E-state index contributed by atoms with van der Waals surface area (Å²) in [5.41, 5.74) is 0. The Morgan fingerprint density at radius 2 is 1.25 bits per heavy atom. The summed E-state index contributed by atoms with van der Waals surface area (Å²) in [6.45, 7) is 4.28. The van der Waals surface area contributed by atoms with Crippen LogP contribution >= 0.6 is 11.6 Å². The molecule has 0 aliphatic carbocycles. The van der Waals surface area contributed by atoms with E-state index >= 15 is 0 Å². The van der Waals surface area contributed by atoms with Crippen LogP contribution in [0.5, 0.6) is 0 Å². The Morgan fingerprint density at radius 3 is 1.82 bits per heavy atom. The van der Waals surface area contributed by atoms with Crippen LogP contribution in [0.4, 0.5) is 0 Å². The number of hydrogen-bond donors (Lipinski definition) is 1. The summed E-state index contributed by atoms with van der Waals surface area (Å²) in [5.74, 6) is -1.01. The molecule has 0 aromatic rings. The summed E-state index contributed by atoms with van der Waals surface area (Å²) in [6.07, 6.45) is 5.15. The molecular weight excluding hydrogens is 390 g/mol. The molecule has 0 radical (unpaired) electrons. The van der Waals surface area contributed by atoms with Crippen molar-refractivity contribution in [2.24, 2.45) is 0 Å². The molecule has 0 saturated carbocycles. The molecule has 0 rings (SSSR count). The minimum atomic E-state index is -0.332. The van der Waals surface area contributed by atoms with E-state index in [0.29, 0.717) is 32.3 Å². The number of halogens is 1. The highest BCUT2D eigenvalue weighted by molar-refractivity contribution is 6.18. The van der Waals surface area contributed by atoms with E-state index in [1.165, 1.54) is 0 Å². The summed E-state index contributed by atoms with van der Waals surface area (Å²) < 4.78 is 15.0. The maximum absolute atomic E-state index is 11.5. The second kappa shape index (κ2) is 18.3. The SMILES string of the molecule is C=CC(=O)NCCOC(=O)CCCCCOC(=O)CCCCOC(=O)CCCl. The Bertz CT molecular complexity index is 497. The zero-order valence-electron chi connectivity index (χ0n) is 16.2. The minimum Gasteiger partial charge on any atom is -0.466 e. The highest BCUT2D eigenvalue weighted by atomic mass is 35.5. The molecule has 0 atom stereocenters. The van der Waals surface area contributed by atoms with Crippen LogP contribution in [0.15, 0.2) is 12.7 Å². The number of esters is 3. The van der Waals surface area contributed by atoms with Crippen LogP contribution in [0.2, 0.25) is 0 Å². The normalized spacial score (nSPS) is 10.0. The van der Waals surface area contributed by atoms with E-state index in [1.807, 2.05) is 0 Å². The van der Waals surface area contributed by atoms with Crippen LogP contribution in [0.25, 0.3) is 0 Å². The van der Waals surface area contributed by atoms with Crippen molar-refractivity contribution in [3.05, 3.63) is 12.7 Å². The van der Waals surface area contributed by atoms with Gasteiger partial charge in [-0.15, -0.1) is 11.6 Å². The first-order valence-corrected chi connectivity index (χ1v) is 9.96. The average molecular weight is 420 g/mol. The van der Waals surface area contributed by atoms with Gasteiger partial charge in [0.15, 0.2) is 0 Å². The van der Waals surface area contributed by atoms with Gasteiger partial charge in [0.05, 0.1) is 26.2 Å². The number of rotatable bonds is 17. The van der Waals surface area contributed by atoms with Crippen molar-refractivity contribution in [1.29, 1.82) is 0 Å². The van der Waals surface area contributed by atoms with E-state index in [0.717, 1.165) is 12.5 Å². The zero-order chi connectivity index (χ0) is 21.0. The summed E-state index contributed by atoms with van der Waals surface area (Å²) in [4.78, 5) is 45.0. The van der Waals surface area contributed by atoms with E-state index in [4.69, 9.17) is 25.8 Å². The lowest BCUT2D eigenvalue weighted by atomic mass is 10.2. The molecule has 9 heteroatoms. The van der Waals surface area contributed by atoms with Crippen LogP contribution in [0.1, 0.15) is 51.4 Å². The fourth-order valence-corrected chi connectivity index (χ4v) is 2.15.